The molecular weight excluding hydrogens is 142 g/mol. The lowest BCUT2D eigenvalue weighted by Crippen LogP contribution is -2.36. The zero-order chi connectivity index (χ0) is 8.69. The van der Waals surface area contributed by atoms with Gasteiger partial charge in [-0.25, -0.2) is 0 Å². The molecular formula is C8H19NO2. The summed E-state index contributed by atoms with van der Waals surface area (Å²) in [5.74, 6) is 0. The van der Waals surface area contributed by atoms with Crippen molar-refractivity contribution in [2.75, 3.05) is 20.8 Å². The lowest BCUT2D eigenvalue weighted by Gasteiger charge is -2.22. The van der Waals surface area contributed by atoms with Crippen LogP contribution in [0.1, 0.15) is 19.8 Å². The first-order valence-corrected chi connectivity index (χ1v) is 4.05. The Balaban J connectivity index is 3.76. The van der Waals surface area contributed by atoms with Gasteiger partial charge >= 0.3 is 0 Å². The Kier molecular flexibility index (Phi) is 6.51. The number of hydrogen-bond donors (Lipinski definition) is 1. The van der Waals surface area contributed by atoms with E-state index in [-0.39, 0.29) is 12.2 Å². The highest BCUT2D eigenvalue weighted by Crippen LogP contribution is 2.07. The van der Waals surface area contributed by atoms with Crippen LogP contribution in [0.25, 0.3) is 0 Å². The van der Waals surface area contributed by atoms with Gasteiger partial charge in [-0.05, 0) is 6.42 Å². The van der Waals surface area contributed by atoms with Crippen LogP contribution in [0.3, 0.4) is 0 Å². The summed E-state index contributed by atoms with van der Waals surface area (Å²) in [6, 6.07) is 0. The van der Waals surface area contributed by atoms with Gasteiger partial charge in [0.05, 0.1) is 12.2 Å². The van der Waals surface area contributed by atoms with Gasteiger partial charge in [0.15, 0.2) is 0 Å². The van der Waals surface area contributed by atoms with Gasteiger partial charge in [0.2, 0.25) is 0 Å². The van der Waals surface area contributed by atoms with E-state index >= 15 is 0 Å². The minimum absolute atomic E-state index is 0.0416. The zero-order valence-corrected chi connectivity index (χ0v) is 7.67. The molecule has 11 heavy (non-hydrogen) atoms. The van der Waals surface area contributed by atoms with Gasteiger partial charge in [-0.3, -0.25) is 0 Å². The Morgan fingerprint density at radius 1 is 1.18 bits per heavy atom. The van der Waals surface area contributed by atoms with Crippen LogP contribution in [0.5, 0.6) is 0 Å². The van der Waals surface area contributed by atoms with Crippen LogP contribution in [-0.4, -0.2) is 33.0 Å². The quantitative estimate of drug-likeness (QED) is 0.626. The van der Waals surface area contributed by atoms with E-state index in [9.17, 15) is 0 Å². The van der Waals surface area contributed by atoms with Crippen LogP contribution >= 0.6 is 0 Å². The van der Waals surface area contributed by atoms with Crippen molar-refractivity contribution in [3.63, 3.8) is 0 Å². The van der Waals surface area contributed by atoms with E-state index in [1.165, 1.54) is 0 Å². The SMILES string of the molecule is CCCC(OC)C(CN)OC. The van der Waals surface area contributed by atoms with E-state index in [4.69, 9.17) is 15.2 Å². The highest BCUT2D eigenvalue weighted by atomic mass is 16.5. The standard InChI is InChI=1S/C8H19NO2/c1-4-5-7(10-2)8(6-9)11-3/h7-8H,4-6,9H2,1-3H3. The predicted molar refractivity (Wildman–Crippen MR) is 45.6 cm³/mol. The number of ether oxygens (including phenoxy) is 2. The summed E-state index contributed by atoms with van der Waals surface area (Å²) in [5.41, 5.74) is 5.49. The van der Waals surface area contributed by atoms with Gasteiger partial charge in [-0.15, -0.1) is 0 Å². The molecule has 68 valence electrons. The maximum atomic E-state index is 5.49. The molecule has 0 aromatic rings. The second-order valence-electron chi connectivity index (χ2n) is 2.57. The molecule has 3 nitrogen and oxygen atoms in total. The molecule has 0 aliphatic carbocycles. The van der Waals surface area contributed by atoms with E-state index in [1.54, 1.807) is 14.2 Å². The third kappa shape index (κ3) is 3.70. The van der Waals surface area contributed by atoms with E-state index < -0.39 is 0 Å². The molecule has 0 rings (SSSR count). The molecule has 0 fully saturated rings. The third-order valence-corrected chi connectivity index (χ3v) is 1.83. The first-order chi connectivity index (χ1) is 5.29. The molecule has 0 aliphatic rings. The molecule has 0 heterocycles. The summed E-state index contributed by atoms with van der Waals surface area (Å²) in [5, 5.41) is 0. The third-order valence-electron chi connectivity index (χ3n) is 1.83. The lowest BCUT2D eigenvalue weighted by atomic mass is 10.1. The van der Waals surface area contributed by atoms with Crippen molar-refractivity contribution in [1.29, 1.82) is 0 Å². The van der Waals surface area contributed by atoms with Crippen LogP contribution in [-0.2, 0) is 9.47 Å². The highest BCUT2D eigenvalue weighted by Gasteiger charge is 2.17. The van der Waals surface area contributed by atoms with Crippen LogP contribution < -0.4 is 5.73 Å². The van der Waals surface area contributed by atoms with Gasteiger partial charge in [-0.2, -0.15) is 0 Å². The fourth-order valence-corrected chi connectivity index (χ4v) is 1.14. The largest absolute Gasteiger partial charge is 0.379 e. The van der Waals surface area contributed by atoms with E-state index in [2.05, 4.69) is 6.92 Å². The van der Waals surface area contributed by atoms with Crippen LogP contribution in [0.4, 0.5) is 0 Å². The predicted octanol–water partition coefficient (Wildman–Crippen LogP) is 0.775. The first kappa shape index (κ1) is 10.9. The maximum absolute atomic E-state index is 5.49. The first-order valence-electron chi connectivity index (χ1n) is 4.05. The van der Waals surface area contributed by atoms with Crippen molar-refractivity contribution in [2.45, 2.75) is 32.0 Å². The Labute approximate surface area is 68.9 Å². The summed E-state index contributed by atoms with van der Waals surface area (Å²) in [6.07, 6.45) is 2.29. The fourth-order valence-electron chi connectivity index (χ4n) is 1.14. The second-order valence-corrected chi connectivity index (χ2v) is 2.57. The minimum Gasteiger partial charge on any atom is -0.379 e. The summed E-state index contributed by atoms with van der Waals surface area (Å²) in [7, 11) is 3.36. The van der Waals surface area contributed by atoms with Gasteiger partial charge < -0.3 is 15.2 Å². The Bertz CT molecular complexity index is 84.2. The van der Waals surface area contributed by atoms with Crippen LogP contribution in [0.15, 0.2) is 0 Å². The molecule has 2 unspecified atom stereocenters. The Hall–Kier alpha value is -0.120. The summed E-state index contributed by atoms with van der Waals surface area (Å²) in [6.45, 7) is 2.64. The Morgan fingerprint density at radius 2 is 1.73 bits per heavy atom. The topological polar surface area (TPSA) is 44.5 Å². The Morgan fingerprint density at radius 3 is 2.00 bits per heavy atom. The number of hydrogen-bond acceptors (Lipinski definition) is 3. The molecule has 0 aliphatic heterocycles. The molecule has 0 saturated carbocycles. The summed E-state index contributed by atoms with van der Waals surface area (Å²) < 4.78 is 10.4. The number of methoxy groups -OCH3 is 2. The average Bonchev–Trinajstić information content (AvgIpc) is 2.05. The summed E-state index contributed by atoms with van der Waals surface area (Å²) in [4.78, 5) is 0. The molecule has 0 spiro atoms. The van der Waals surface area contributed by atoms with Crippen molar-refractivity contribution in [1.82, 2.24) is 0 Å². The molecule has 2 atom stereocenters. The molecule has 0 aromatic carbocycles. The average molecular weight is 161 g/mol. The van der Waals surface area contributed by atoms with Crippen LogP contribution in [0, 0.1) is 0 Å². The van der Waals surface area contributed by atoms with Crippen LogP contribution in [0.2, 0.25) is 0 Å². The van der Waals surface area contributed by atoms with E-state index in [0.717, 1.165) is 12.8 Å². The lowest BCUT2D eigenvalue weighted by molar-refractivity contribution is -0.0347. The highest BCUT2D eigenvalue weighted by molar-refractivity contribution is 4.70. The second kappa shape index (κ2) is 6.58. The van der Waals surface area contributed by atoms with Crippen molar-refractivity contribution in [2.24, 2.45) is 5.73 Å². The van der Waals surface area contributed by atoms with Gasteiger partial charge in [0.1, 0.15) is 0 Å². The van der Waals surface area contributed by atoms with Gasteiger partial charge in [-0.1, -0.05) is 13.3 Å². The van der Waals surface area contributed by atoms with Gasteiger partial charge in [0, 0.05) is 20.8 Å². The van der Waals surface area contributed by atoms with Crippen molar-refractivity contribution in [3.05, 3.63) is 0 Å². The smallest absolute Gasteiger partial charge is 0.0954 e. The monoisotopic (exact) mass is 161 g/mol. The zero-order valence-electron chi connectivity index (χ0n) is 7.67. The molecule has 3 heteroatoms. The minimum atomic E-state index is 0.0416. The van der Waals surface area contributed by atoms with Crippen molar-refractivity contribution in [3.8, 4) is 0 Å². The normalized spacial score (nSPS) is 16.4. The van der Waals surface area contributed by atoms with Gasteiger partial charge in [0.25, 0.3) is 0 Å². The molecule has 2 N–H and O–H groups in total. The molecule has 0 aromatic heterocycles. The van der Waals surface area contributed by atoms with E-state index in [1.807, 2.05) is 0 Å². The number of nitrogens with two attached hydrogens (primary N) is 1. The maximum Gasteiger partial charge on any atom is 0.0954 e. The van der Waals surface area contributed by atoms with Crippen molar-refractivity contribution >= 4 is 0 Å². The molecule has 0 radical (unpaired) electrons. The molecule has 0 saturated heterocycles. The summed E-state index contributed by atoms with van der Waals surface area (Å²) >= 11 is 0. The fraction of sp³-hybridized carbons (Fsp3) is 1.00. The molecule has 0 amide bonds. The number of rotatable bonds is 6. The van der Waals surface area contributed by atoms with E-state index in [0.29, 0.717) is 6.54 Å². The van der Waals surface area contributed by atoms with Crippen molar-refractivity contribution < 1.29 is 9.47 Å². The molecule has 0 bridgehead atoms.